The lowest BCUT2D eigenvalue weighted by Crippen LogP contribution is -2.47. The highest BCUT2D eigenvalue weighted by molar-refractivity contribution is 5.85. The van der Waals surface area contributed by atoms with E-state index in [1.165, 1.54) is 0 Å². The van der Waals surface area contributed by atoms with Gasteiger partial charge in [-0.15, -0.1) is 24.8 Å². The Balaban J connectivity index is 0.00000200. The third-order valence-electron chi connectivity index (χ3n) is 4.33. The van der Waals surface area contributed by atoms with Crippen molar-refractivity contribution < 1.29 is 9.53 Å². The molecule has 0 spiro atoms. The lowest BCUT2D eigenvalue weighted by Gasteiger charge is -2.34. The van der Waals surface area contributed by atoms with Crippen LogP contribution in [0.25, 0.3) is 0 Å². The molecule has 3 unspecified atom stereocenters. The molecule has 1 N–H and O–H groups in total. The second kappa shape index (κ2) is 9.85. The number of amides is 1. The van der Waals surface area contributed by atoms with Gasteiger partial charge in [-0.05, 0) is 13.0 Å². The maximum atomic E-state index is 12.4. The van der Waals surface area contributed by atoms with E-state index < -0.39 is 0 Å². The van der Waals surface area contributed by atoms with E-state index >= 15 is 0 Å². The van der Waals surface area contributed by atoms with Crippen molar-refractivity contribution in [2.24, 2.45) is 11.8 Å². The van der Waals surface area contributed by atoms with Crippen molar-refractivity contribution in [2.45, 2.75) is 19.9 Å². The maximum Gasteiger partial charge on any atom is 0.226 e. The Kier molecular flexibility index (Phi) is 9.81. The summed E-state index contributed by atoms with van der Waals surface area (Å²) >= 11 is 0. The summed E-state index contributed by atoms with van der Waals surface area (Å²) in [6.45, 7) is 10.5. The van der Waals surface area contributed by atoms with Crippen LogP contribution in [0, 0.1) is 11.8 Å². The molecule has 0 bridgehead atoms. The monoisotopic (exact) mass is 341 g/mol. The molecule has 2 aliphatic rings. The van der Waals surface area contributed by atoms with E-state index in [1.807, 2.05) is 18.9 Å². The number of carbonyl (C=O) groups excluding carboxylic acids is 1. The molecule has 2 fully saturated rings. The molecule has 0 aromatic heterocycles. The average molecular weight is 342 g/mol. The number of halogens is 2. The van der Waals surface area contributed by atoms with Gasteiger partial charge < -0.3 is 15.0 Å². The molecule has 0 aliphatic carbocycles. The van der Waals surface area contributed by atoms with Crippen LogP contribution in [-0.4, -0.2) is 74.7 Å². The molecule has 0 aromatic carbocycles. The van der Waals surface area contributed by atoms with Crippen molar-refractivity contribution in [3.8, 4) is 0 Å². The van der Waals surface area contributed by atoms with Crippen LogP contribution in [0.15, 0.2) is 0 Å². The number of likely N-dealkylation sites (tertiary alicyclic amines) is 1. The van der Waals surface area contributed by atoms with Crippen LogP contribution in [0.3, 0.4) is 0 Å². The topological polar surface area (TPSA) is 44.8 Å². The van der Waals surface area contributed by atoms with Crippen LogP contribution in [0.4, 0.5) is 0 Å². The van der Waals surface area contributed by atoms with E-state index in [1.54, 1.807) is 0 Å². The molecule has 2 rings (SSSR count). The highest BCUT2D eigenvalue weighted by atomic mass is 35.5. The van der Waals surface area contributed by atoms with Gasteiger partial charge in [-0.1, -0.05) is 13.8 Å². The molecule has 126 valence electrons. The van der Waals surface area contributed by atoms with E-state index in [2.05, 4.69) is 17.1 Å². The Morgan fingerprint density at radius 2 is 1.90 bits per heavy atom. The van der Waals surface area contributed by atoms with Gasteiger partial charge in [0.25, 0.3) is 0 Å². The molecule has 7 heteroatoms. The van der Waals surface area contributed by atoms with Gasteiger partial charge in [0.1, 0.15) is 0 Å². The fourth-order valence-electron chi connectivity index (χ4n) is 3.22. The summed E-state index contributed by atoms with van der Waals surface area (Å²) in [7, 11) is 1.90. The van der Waals surface area contributed by atoms with Crippen LogP contribution < -0.4 is 5.32 Å². The number of morpholine rings is 1. The van der Waals surface area contributed by atoms with Crippen molar-refractivity contribution in [2.75, 3.05) is 53.0 Å². The van der Waals surface area contributed by atoms with Crippen molar-refractivity contribution in [1.29, 1.82) is 0 Å². The Morgan fingerprint density at radius 3 is 2.48 bits per heavy atom. The lowest BCUT2D eigenvalue weighted by atomic mass is 10.0. The SMILES string of the molecule is CNCC(C)C(=O)N1CC(C)C(N2CCOCC2)C1.Cl.Cl. The zero-order valence-electron chi connectivity index (χ0n) is 13.2. The lowest BCUT2D eigenvalue weighted by molar-refractivity contribution is -0.134. The smallest absolute Gasteiger partial charge is 0.226 e. The first-order valence-electron chi connectivity index (χ1n) is 7.38. The van der Waals surface area contributed by atoms with E-state index in [9.17, 15) is 4.79 Å². The first kappa shape index (κ1) is 20.9. The fourth-order valence-corrected chi connectivity index (χ4v) is 3.22. The second-order valence-corrected chi connectivity index (χ2v) is 5.89. The standard InChI is InChI=1S/C14H27N3O2.2ClH/c1-11(8-15-3)14(18)17-9-12(2)13(10-17)16-4-6-19-7-5-16;;/h11-13,15H,4-10H2,1-3H3;2*1H. The largest absolute Gasteiger partial charge is 0.379 e. The van der Waals surface area contributed by atoms with Crippen molar-refractivity contribution in [1.82, 2.24) is 15.1 Å². The van der Waals surface area contributed by atoms with Crippen molar-refractivity contribution >= 4 is 30.7 Å². The number of nitrogens with one attached hydrogen (secondary N) is 1. The third-order valence-corrected chi connectivity index (χ3v) is 4.33. The summed E-state index contributed by atoms with van der Waals surface area (Å²) in [5.41, 5.74) is 0. The predicted molar refractivity (Wildman–Crippen MR) is 89.5 cm³/mol. The first-order valence-corrected chi connectivity index (χ1v) is 7.38. The van der Waals surface area contributed by atoms with Gasteiger partial charge in [0.05, 0.1) is 13.2 Å². The normalized spacial score (nSPS) is 27.7. The quantitative estimate of drug-likeness (QED) is 0.823. The van der Waals surface area contributed by atoms with Gasteiger partial charge >= 0.3 is 0 Å². The van der Waals surface area contributed by atoms with Gasteiger partial charge in [0.2, 0.25) is 5.91 Å². The van der Waals surface area contributed by atoms with E-state index in [0.29, 0.717) is 12.0 Å². The first-order chi connectivity index (χ1) is 9.13. The van der Waals surface area contributed by atoms with Gasteiger partial charge in [-0.3, -0.25) is 9.69 Å². The summed E-state index contributed by atoms with van der Waals surface area (Å²) in [5, 5.41) is 3.08. The summed E-state index contributed by atoms with van der Waals surface area (Å²) in [6, 6.07) is 0.509. The van der Waals surface area contributed by atoms with Crippen LogP contribution in [0.1, 0.15) is 13.8 Å². The molecule has 5 nitrogen and oxygen atoms in total. The second-order valence-electron chi connectivity index (χ2n) is 5.89. The molecule has 2 aliphatic heterocycles. The Hall–Kier alpha value is -0.0700. The molecule has 2 heterocycles. The number of hydrogen-bond donors (Lipinski definition) is 1. The van der Waals surface area contributed by atoms with E-state index in [0.717, 1.165) is 45.9 Å². The molecule has 0 aromatic rings. The molecule has 1 amide bonds. The minimum atomic E-state index is 0. The maximum absolute atomic E-state index is 12.4. The molecule has 3 atom stereocenters. The van der Waals surface area contributed by atoms with E-state index in [4.69, 9.17) is 4.74 Å². The summed E-state index contributed by atoms with van der Waals surface area (Å²) in [4.78, 5) is 16.9. The number of ether oxygens (including phenoxy) is 1. The molecule has 0 radical (unpaired) electrons. The zero-order valence-corrected chi connectivity index (χ0v) is 14.8. The number of carbonyl (C=O) groups is 1. The minimum absolute atomic E-state index is 0. The van der Waals surface area contributed by atoms with Crippen LogP contribution >= 0.6 is 24.8 Å². The molecule has 0 saturated carbocycles. The third kappa shape index (κ3) is 5.25. The number of hydrogen-bond acceptors (Lipinski definition) is 4. The van der Waals surface area contributed by atoms with E-state index in [-0.39, 0.29) is 36.6 Å². The van der Waals surface area contributed by atoms with Crippen molar-refractivity contribution in [3.63, 3.8) is 0 Å². The highest BCUT2D eigenvalue weighted by Crippen LogP contribution is 2.23. The summed E-state index contributed by atoms with van der Waals surface area (Å²) in [5.74, 6) is 0.918. The number of nitrogens with zero attached hydrogens (tertiary/aromatic N) is 2. The van der Waals surface area contributed by atoms with Gasteiger partial charge in [-0.25, -0.2) is 0 Å². The van der Waals surface area contributed by atoms with Crippen LogP contribution in [0.2, 0.25) is 0 Å². The highest BCUT2D eigenvalue weighted by Gasteiger charge is 2.37. The van der Waals surface area contributed by atoms with Crippen LogP contribution in [-0.2, 0) is 9.53 Å². The Bertz CT molecular complexity index is 315. The summed E-state index contributed by atoms with van der Waals surface area (Å²) in [6.07, 6.45) is 0. The van der Waals surface area contributed by atoms with Gasteiger partial charge in [0, 0.05) is 44.7 Å². The molecular weight excluding hydrogens is 313 g/mol. The molecule has 21 heavy (non-hydrogen) atoms. The van der Waals surface area contributed by atoms with Crippen LogP contribution in [0.5, 0.6) is 0 Å². The fraction of sp³-hybridized carbons (Fsp3) is 0.929. The van der Waals surface area contributed by atoms with Gasteiger partial charge in [-0.2, -0.15) is 0 Å². The minimum Gasteiger partial charge on any atom is -0.379 e. The predicted octanol–water partition coefficient (Wildman–Crippen LogP) is 0.865. The molecular formula is C14H29Cl2N3O2. The molecule has 2 saturated heterocycles. The zero-order chi connectivity index (χ0) is 13.8. The Labute approximate surface area is 140 Å². The van der Waals surface area contributed by atoms with Crippen molar-refractivity contribution in [3.05, 3.63) is 0 Å². The average Bonchev–Trinajstić information content (AvgIpc) is 2.81. The number of rotatable bonds is 4. The summed E-state index contributed by atoms with van der Waals surface area (Å²) < 4.78 is 5.41. The Morgan fingerprint density at radius 1 is 1.29 bits per heavy atom. The van der Waals surface area contributed by atoms with Gasteiger partial charge in [0.15, 0.2) is 0 Å².